The summed E-state index contributed by atoms with van der Waals surface area (Å²) in [5.41, 5.74) is -0.0530. The molecule has 0 saturated carbocycles. The lowest BCUT2D eigenvalue weighted by molar-refractivity contribution is 0.0604. The maximum absolute atomic E-state index is 12.3. The maximum Gasteiger partial charge on any atom is 0.155 e. The van der Waals surface area contributed by atoms with Crippen LogP contribution in [0.2, 0.25) is 0 Å². The molecule has 2 atom stereocenters. The van der Waals surface area contributed by atoms with Crippen molar-refractivity contribution < 1.29 is 13.2 Å². The lowest BCUT2D eigenvalue weighted by Gasteiger charge is -2.34. The number of hydrogen-bond acceptors (Lipinski definition) is 4. The smallest absolute Gasteiger partial charge is 0.155 e. The van der Waals surface area contributed by atoms with Crippen LogP contribution in [0.1, 0.15) is 54.4 Å². The summed E-state index contributed by atoms with van der Waals surface area (Å²) in [6.45, 7) is 13.2. The Morgan fingerprint density at radius 1 is 1.35 bits per heavy atom. The summed E-state index contributed by atoms with van der Waals surface area (Å²) in [6.07, 6.45) is 1.73. The van der Waals surface area contributed by atoms with Gasteiger partial charge in [-0.1, -0.05) is 13.8 Å². The summed E-state index contributed by atoms with van der Waals surface area (Å²) in [4.78, 5) is 0. The van der Waals surface area contributed by atoms with Gasteiger partial charge in [0.1, 0.15) is 0 Å². The van der Waals surface area contributed by atoms with Crippen LogP contribution in [0.15, 0.2) is 0 Å². The first-order valence-electron chi connectivity index (χ1n) is 7.57. The fraction of sp³-hybridized carbons (Fsp3) is 1.00. The number of ether oxygens (including phenoxy) is 1. The van der Waals surface area contributed by atoms with Crippen LogP contribution in [0.4, 0.5) is 0 Å². The summed E-state index contributed by atoms with van der Waals surface area (Å²) in [6, 6.07) is 0.402. The first kappa shape index (κ1) is 17.9. The van der Waals surface area contributed by atoms with Crippen LogP contribution in [0, 0.1) is 5.41 Å². The van der Waals surface area contributed by atoms with E-state index in [1.54, 1.807) is 20.8 Å². The Morgan fingerprint density at radius 2 is 1.95 bits per heavy atom. The lowest BCUT2D eigenvalue weighted by atomic mass is 9.79. The highest BCUT2D eigenvalue weighted by Gasteiger charge is 2.43. The van der Waals surface area contributed by atoms with Crippen LogP contribution in [0.5, 0.6) is 0 Å². The van der Waals surface area contributed by atoms with E-state index >= 15 is 0 Å². The van der Waals surface area contributed by atoms with Crippen LogP contribution in [-0.2, 0) is 14.6 Å². The SMILES string of the molecule is CC(C)NCC1(CCS(=O)(=O)C(C)(C)C)CCOC1C. The standard InChI is InChI=1S/C15H31NO3S/c1-12(2)16-11-15(7-9-19-13(15)3)8-10-20(17,18)14(4,5)6/h12-13,16H,7-11H2,1-6H3. The molecule has 1 N–H and O–H groups in total. The second kappa shape index (κ2) is 6.32. The molecule has 1 aliphatic rings. The molecule has 0 amide bonds. The van der Waals surface area contributed by atoms with Crippen LogP contribution >= 0.6 is 0 Å². The highest BCUT2D eigenvalue weighted by Crippen LogP contribution is 2.39. The number of nitrogens with one attached hydrogen (secondary N) is 1. The quantitative estimate of drug-likeness (QED) is 0.818. The van der Waals surface area contributed by atoms with Crippen molar-refractivity contribution >= 4 is 9.84 Å². The molecule has 4 nitrogen and oxygen atoms in total. The van der Waals surface area contributed by atoms with Crippen molar-refractivity contribution in [3.63, 3.8) is 0 Å². The van der Waals surface area contributed by atoms with Crippen molar-refractivity contribution in [1.29, 1.82) is 0 Å². The second-order valence-corrected chi connectivity index (χ2v) is 10.2. The summed E-state index contributed by atoms with van der Waals surface area (Å²) >= 11 is 0. The van der Waals surface area contributed by atoms with Crippen LogP contribution < -0.4 is 5.32 Å². The van der Waals surface area contributed by atoms with E-state index in [1.165, 1.54) is 0 Å². The molecular formula is C15H31NO3S. The molecule has 0 aromatic carbocycles. The molecule has 120 valence electrons. The second-order valence-electron chi connectivity index (χ2n) is 7.34. The van der Waals surface area contributed by atoms with Crippen molar-refractivity contribution in [1.82, 2.24) is 5.32 Å². The number of hydrogen-bond donors (Lipinski definition) is 1. The van der Waals surface area contributed by atoms with Crippen molar-refractivity contribution in [2.24, 2.45) is 5.41 Å². The average Bonchev–Trinajstić information content (AvgIpc) is 2.65. The van der Waals surface area contributed by atoms with Gasteiger partial charge < -0.3 is 10.1 Å². The third-order valence-corrected chi connectivity index (χ3v) is 7.10. The van der Waals surface area contributed by atoms with Crippen LogP contribution in [0.3, 0.4) is 0 Å². The summed E-state index contributed by atoms with van der Waals surface area (Å²) in [5, 5.41) is 3.46. The highest BCUT2D eigenvalue weighted by atomic mass is 32.2. The van der Waals surface area contributed by atoms with E-state index in [4.69, 9.17) is 4.74 Å². The molecule has 1 fully saturated rings. The minimum Gasteiger partial charge on any atom is -0.378 e. The lowest BCUT2D eigenvalue weighted by Crippen LogP contribution is -2.44. The molecule has 0 bridgehead atoms. The fourth-order valence-electron chi connectivity index (χ4n) is 2.52. The van der Waals surface area contributed by atoms with Crippen LogP contribution in [0.25, 0.3) is 0 Å². The minimum absolute atomic E-state index is 0.0530. The summed E-state index contributed by atoms with van der Waals surface area (Å²) < 4.78 is 29.7. The van der Waals surface area contributed by atoms with Gasteiger partial charge in [0, 0.05) is 24.6 Å². The van der Waals surface area contributed by atoms with E-state index in [1.807, 2.05) is 0 Å². The van der Waals surface area contributed by atoms with E-state index in [2.05, 4.69) is 26.1 Å². The van der Waals surface area contributed by atoms with E-state index in [0.29, 0.717) is 12.5 Å². The van der Waals surface area contributed by atoms with Gasteiger partial charge in [-0.3, -0.25) is 0 Å². The maximum atomic E-state index is 12.3. The molecule has 1 heterocycles. The Bertz CT molecular complexity index is 411. The Hall–Kier alpha value is -0.130. The van der Waals surface area contributed by atoms with E-state index < -0.39 is 14.6 Å². The van der Waals surface area contributed by atoms with Crippen molar-refractivity contribution in [2.45, 2.75) is 71.3 Å². The first-order chi connectivity index (χ1) is 9.00. The molecule has 1 saturated heterocycles. The molecule has 0 aromatic rings. The zero-order chi connectivity index (χ0) is 15.6. The predicted molar refractivity (Wildman–Crippen MR) is 83.8 cm³/mol. The van der Waals surface area contributed by atoms with Crippen molar-refractivity contribution in [3.05, 3.63) is 0 Å². The molecule has 0 spiro atoms. The Balaban J connectivity index is 2.77. The third kappa shape index (κ3) is 4.18. The molecular weight excluding hydrogens is 274 g/mol. The minimum atomic E-state index is -3.07. The Kier molecular flexibility index (Phi) is 5.67. The zero-order valence-electron chi connectivity index (χ0n) is 13.8. The largest absolute Gasteiger partial charge is 0.378 e. The van der Waals surface area contributed by atoms with Gasteiger partial charge in [0.05, 0.1) is 16.6 Å². The number of rotatable bonds is 6. The molecule has 5 heteroatoms. The van der Waals surface area contributed by atoms with Gasteiger partial charge in [-0.25, -0.2) is 8.42 Å². The molecule has 1 rings (SSSR count). The summed E-state index contributed by atoms with van der Waals surface area (Å²) in [5.74, 6) is 0.240. The monoisotopic (exact) mass is 305 g/mol. The van der Waals surface area contributed by atoms with Crippen LogP contribution in [-0.4, -0.2) is 44.2 Å². The normalized spacial score (nSPS) is 28.2. The molecule has 0 aliphatic carbocycles. The topological polar surface area (TPSA) is 55.4 Å². The van der Waals surface area contributed by atoms with E-state index in [9.17, 15) is 8.42 Å². The van der Waals surface area contributed by atoms with Gasteiger partial charge in [-0.05, 0) is 40.5 Å². The number of sulfone groups is 1. The molecule has 0 aromatic heterocycles. The van der Waals surface area contributed by atoms with Crippen molar-refractivity contribution in [3.8, 4) is 0 Å². The predicted octanol–water partition coefficient (Wildman–Crippen LogP) is 2.38. The van der Waals surface area contributed by atoms with E-state index in [0.717, 1.165) is 19.6 Å². The van der Waals surface area contributed by atoms with Gasteiger partial charge in [-0.2, -0.15) is 0 Å². The first-order valence-corrected chi connectivity index (χ1v) is 9.23. The van der Waals surface area contributed by atoms with Gasteiger partial charge in [0.15, 0.2) is 9.84 Å². The van der Waals surface area contributed by atoms with E-state index in [-0.39, 0.29) is 17.3 Å². The fourth-order valence-corrected chi connectivity index (χ4v) is 3.81. The summed E-state index contributed by atoms with van der Waals surface area (Å²) in [7, 11) is -3.07. The molecule has 20 heavy (non-hydrogen) atoms. The molecule has 1 aliphatic heterocycles. The van der Waals surface area contributed by atoms with Gasteiger partial charge in [0.2, 0.25) is 0 Å². The average molecular weight is 305 g/mol. The van der Waals surface area contributed by atoms with Crippen molar-refractivity contribution in [2.75, 3.05) is 18.9 Å². The van der Waals surface area contributed by atoms with Gasteiger partial charge in [-0.15, -0.1) is 0 Å². The molecule has 0 radical (unpaired) electrons. The Morgan fingerprint density at radius 3 is 2.35 bits per heavy atom. The third-order valence-electron chi connectivity index (χ3n) is 4.49. The highest BCUT2D eigenvalue weighted by molar-refractivity contribution is 7.92. The van der Waals surface area contributed by atoms with Gasteiger partial charge in [0.25, 0.3) is 0 Å². The zero-order valence-corrected chi connectivity index (χ0v) is 14.6. The van der Waals surface area contributed by atoms with Gasteiger partial charge >= 0.3 is 0 Å². The molecule has 2 unspecified atom stereocenters. The Labute approximate surface area is 124 Å².